The molecule has 9 heteroatoms. The Morgan fingerprint density at radius 1 is 1.14 bits per heavy atom. The lowest BCUT2D eigenvalue weighted by Crippen LogP contribution is -2.37. The van der Waals surface area contributed by atoms with Crippen LogP contribution in [0.15, 0.2) is 23.1 Å². The molecule has 0 unspecified atom stereocenters. The Bertz CT molecular complexity index is 858. The molecule has 2 fully saturated rings. The van der Waals surface area contributed by atoms with Gasteiger partial charge in [-0.1, -0.05) is 12.8 Å². The van der Waals surface area contributed by atoms with E-state index in [0.717, 1.165) is 38.5 Å². The summed E-state index contributed by atoms with van der Waals surface area (Å²) >= 11 is 0. The van der Waals surface area contributed by atoms with Crippen LogP contribution in [-0.2, 0) is 19.6 Å². The fourth-order valence-electron chi connectivity index (χ4n) is 3.25. The number of rotatable bonds is 7. The van der Waals surface area contributed by atoms with Crippen molar-refractivity contribution in [3.05, 3.63) is 23.8 Å². The Kier molecular flexibility index (Phi) is 6.79. The lowest BCUT2D eigenvalue weighted by atomic mass is 10.2. The maximum atomic E-state index is 13.2. The highest BCUT2D eigenvalue weighted by Gasteiger charge is 2.31. The topological polar surface area (TPSA) is 102 Å². The van der Waals surface area contributed by atoms with Gasteiger partial charge in [0.05, 0.1) is 12.7 Å². The van der Waals surface area contributed by atoms with Crippen molar-refractivity contribution in [2.45, 2.75) is 62.5 Å². The number of nitrogens with one attached hydrogen (secondary N) is 1. The number of hydrogen-bond donors (Lipinski definition) is 1. The minimum absolute atomic E-state index is 0.0604. The highest BCUT2D eigenvalue weighted by Crippen LogP contribution is 2.29. The van der Waals surface area contributed by atoms with Crippen LogP contribution in [0.2, 0.25) is 0 Å². The van der Waals surface area contributed by atoms with Gasteiger partial charge in [0.15, 0.2) is 6.10 Å². The van der Waals surface area contributed by atoms with Gasteiger partial charge in [0.1, 0.15) is 10.6 Å². The second-order valence-corrected chi connectivity index (χ2v) is 9.42. The summed E-state index contributed by atoms with van der Waals surface area (Å²) in [5, 5.41) is 2.77. The zero-order valence-corrected chi connectivity index (χ0v) is 17.7. The zero-order valence-electron chi connectivity index (χ0n) is 16.8. The van der Waals surface area contributed by atoms with E-state index >= 15 is 0 Å². The van der Waals surface area contributed by atoms with Crippen molar-refractivity contribution in [1.29, 1.82) is 0 Å². The summed E-state index contributed by atoms with van der Waals surface area (Å²) in [5.74, 6) is -0.935. The Morgan fingerprint density at radius 3 is 2.38 bits per heavy atom. The van der Waals surface area contributed by atoms with Crippen LogP contribution in [0.3, 0.4) is 0 Å². The van der Waals surface area contributed by atoms with Gasteiger partial charge in [-0.2, -0.15) is 4.31 Å². The number of benzene rings is 1. The molecule has 0 spiro atoms. The molecule has 0 aromatic heterocycles. The van der Waals surface area contributed by atoms with Gasteiger partial charge in [0.25, 0.3) is 5.91 Å². The molecule has 1 saturated carbocycles. The van der Waals surface area contributed by atoms with Crippen molar-refractivity contribution in [2.75, 3.05) is 20.2 Å². The second-order valence-electron chi connectivity index (χ2n) is 7.51. The largest absolute Gasteiger partial charge is 0.495 e. The smallest absolute Gasteiger partial charge is 0.338 e. The van der Waals surface area contributed by atoms with Crippen molar-refractivity contribution in [3.63, 3.8) is 0 Å². The van der Waals surface area contributed by atoms with Gasteiger partial charge in [0, 0.05) is 19.1 Å². The fraction of sp³-hybridized carbons (Fsp3) is 0.600. The first-order valence-corrected chi connectivity index (χ1v) is 11.5. The molecule has 1 aromatic rings. The van der Waals surface area contributed by atoms with Gasteiger partial charge in [-0.05, 0) is 50.8 Å². The van der Waals surface area contributed by atoms with Gasteiger partial charge < -0.3 is 14.8 Å². The first kappa shape index (κ1) is 21.6. The van der Waals surface area contributed by atoms with Crippen molar-refractivity contribution < 1.29 is 27.5 Å². The number of nitrogens with zero attached hydrogens (tertiary/aromatic N) is 1. The third kappa shape index (κ3) is 5.27. The van der Waals surface area contributed by atoms with E-state index in [1.165, 1.54) is 36.5 Å². The molecule has 1 aliphatic heterocycles. The van der Waals surface area contributed by atoms with Gasteiger partial charge in [-0.25, -0.2) is 13.2 Å². The van der Waals surface area contributed by atoms with Crippen molar-refractivity contribution in [2.24, 2.45) is 0 Å². The standard InChI is InChI=1S/C20H28N2O6S/c1-14(19(23)21-16-8-9-16)28-20(24)15-7-10-17(27-2)18(13-15)29(25,26)22-11-5-3-4-6-12-22/h7,10,13-14,16H,3-6,8-9,11-12H2,1-2H3,(H,21,23)/t14-/m1/s1. The Morgan fingerprint density at radius 2 is 1.79 bits per heavy atom. The predicted octanol–water partition coefficient (Wildman–Crippen LogP) is 2.08. The van der Waals surface area contributed by atoms with E-state index in [2.05, 4.69) is 5.32 Å². The summed E-state index contributed by atoms with van der Waals surface area (Å²) in [7, 11) is -2.43. The van der Waals surface area contributed by atoms with Gasteiger partial charge >= 0.3 is 5.97 Å². The number of sulfonamides is 1. The van der Waals surface area contributed by atoms with E-state index < -0.39 is 22.1 Å². The average Bonchev–Trinajstić information content (AvgIpc) is 3.54. The molecule has 2 aliphatic rings. The van der Waals surface area contributed by atoms with Crippen LogP contribution in [0.4, 0.5) is 0 Å². The fourth-order valence-corrected chi connectivity index (χ4v) is 4.95. The van der Waals surface area contributed by atoms with Crippen LogP contribution >= 0.6 is 0 Å². The van der Waals surface area contributed by atoms with Crippen LogP contribution < -0.4 is 10.1 Å². The molecule has 1 amide bonds. The number of methoxy groups -OCH3 is 1. The molecule has 1 saturated heterocycles. The molecule has 3 rings (SSSR count). The lowest BCUT2D eigenvalue weighted by molar-refractivity contribution is -0.129. The first-order chi connectivity index (χ1) is 13.8. The van der Waals surface area contributed by atoms with Crippen LogP contribution in [0.25, 0.3) is 0 Å². The van der Waals surface area contributed by atoms with Crippen LogP contribution in [0.1, 0.15) is 55.8 Å². The molecule has 1 N–H and O–H groups in total. The molecule has 1 heterocycles. The maximum absolute atomic E-state index is 13.2. The molecule has 1 aliphatic carbocycles. The summed E-state index contributed by atoms with van der Waals surface area (Å²) in [6.45, 7) is 2.38. The summed E-state index contributed by atoms with van der Waals surface area (Å²) in [5.41, 5.74) is 0.0604. The van der Waals surface area contributed by atoms with E-state index in [4.69, 9.17) is 9.47 Å². The summed E-state index contributed by atoms with van der Waals surface area (Å²) < 4.78 is 38.3. The van der Waals surface area contributed by atoms with Crippen molar-refractivity contribution in [1.82, 2.24) is 9.62 Å². The monoisotopic (exact) mass is 424 g/mol. The molecule has 160 valence electrons. The molecule has 1 aromatic carbocycles. The van der Waals surface area contributed by atoms with E-state index in [1.807, 2.05) is 0 Å². The second kappa shape index (κ2) is 9.13. The molecule has 0 radical (unpaired) electrons. The van der Waals surface area contributed by atoms with E-state index in [-0.39, 0.29) is 28.2 Å². The number of carbonyl (C=O) groups is 2. The molecule has 29 heavy (non-hydrogen) atoms. The number of amides is 1. The van der Waals surface area contributed by atoms with Gasteiger partial charge in [-0.15, -0.1) is 0 Å². The Balaban J connectivity index is 1.80. The van der Waals surface area contributed by atoms with E-state index in [9.17, 15) is 18.0 Å². The summed E-state index contributed by atoms with van der Waals surface area (Å²) in [6.07, 6.45) is 4.50. The number of esters is 1. The highest BCUT2D eigenvalue weighted by atomic mass is 32.2. The molecular weight excluding hydrogens is 396 g/mol. The highest BCUT2D eigenvalue weighted by molar-refractivity contribution is 7.89. The van der Waals surface area contributed by atoms with Crippen LogP contribution in [0, 0.1) is 0 Å². The lowest BCUT2D eigenvalue weighted by Gasteiger charge is -2.21. The van der Waals surface area contributed by atoms with Gasteiger partial charge in [0.2, 0.25) is 10.0 Å². The molecular formula is C20H28N2O6S. The van der Waals surface area contributed by atoms with E-state index in [0.29, 0.717) is 13.1 Å². The minimum Gasteiger partial charge on any atom is -0.495 e. The van der Waals surface area contributed by atoms with Crippen molar-refractivity contribution in [3.8, 4) is 5.75 Å². The zero-order chi connectivity index (χ0) is 21.0. The Hall–Kier alpha value is -2.13. The van der Waals surface area contributed by atoms with Crippen molar-refractivity contribution >= 4 is 21.9 Å². The van der Waals surface area contributed by atoms with Crippen LogP contribution in [0.5, 0.6) is 5.75 Å². The van der Waals surface area contributed by atoms with E-state index in [1.54, 1.807) is 0 Å². The molecule has 8 nitrogen and oxygen atoms in total. The normalized spacial score (nSPS) is 19.1. The van der Waals surface area contributed by atoms with Gasteiger partial charge in [-0.3, -0.25) is 4.79 Å². The summed E-state index contributed by atoms with van der Waals surface area (Å²) in [4.78, 5) is 24.5. The first-order valence-electron chi connectivity index (χ1n) is 10.0. The van der Waals surface area contributed by atoms with Crippen LogP contribution in [-0.4, -0.2) is 56.9 Å². The predicted molar refractivity (Wildman–Crippen MR) is 106 cm³/mol. The third-order valence-corrected chi connectivity index (χ3v) is 7.08. The minimum atomic E-state index is -3.82. The number of carbonyl (C=O) groups excluding carboxylic acids is 2. The quantitative estimate of drug-likeness (QED) is 0.673. The average molecular weight is 425 g/mol. The third-order valence-electron chi connectivity index (χ3n) is 5.16. The number of ether oxygens (including phenoxy) is 2. The molecule has 1 atom stereocenters. The summed E-state index contributed by atoms with van der Waals surface area (Å²) in [6, 6.07) is 4.31. The molecule has 0 bridgehead atoms. The Labute approximate surface area is 171 Å². The SMILES string of the molecule is COc1ccc(C(=O)O[C@H](C)C(=O)NC2CC2)cc1S(=O)(=O)N1CCCCCC1. The maximum Gasteiger partial charge on any atom is 0.338 e. The number of hydrogen-bond acceptors (Lipinski definition) is 6.